The highest BCUT2D eigenvalue weighted by Crippen LogP contribution is 2.19. The fourth-order valence-electron chi connectivity index (χ4n) is 8.79. The van der Waals surface area contributed by atoms with Crippen LogP contribution in [0.4, 0.5) is 0 Å². The van der Waals surface area contributed by atoms with E-state index < -0.39 is 18.2 Å². The van der Waals surface area contributed by atoms with Gasteiger partial charge in [-0.1, -0.05) is 271 Å². The second-order valence-electron chi connectivity index (χ2n) is 19.0. The van der Waals surface area contributed by atoms with Crippen molar-refractivity contribution in [2.75, 3.05) is 6.61 Å². The first-order valence-electron chi connectivity index (χ1n) is 27.3. The summed E-state index contributed by atoms with van der Waals surface area (Å²) in [6.07, 6.45) is 53.2. The Hall–Kier alpha value is -1.14. The van der Waals surface area contributed by atoms with Crippen molar-refractivity contribution in [3.8, 4) is 0 Å². The van der Waals surface area contributed by atoms with E-state index in [9.17, 15) is 19.8 Å². The fraction of sp³-hybridized carbons (Fsp3) is 0.963. The molecule has 3 N–H and O–H groups in total. The lowest BCUT2D eigenvalue weighted by molar-refractivity contribution is -0.151. The third-order valence-corrected chi connectivity index (χ3v) is 12.9. The highest BCUT2D eigenvalue weighted by molar-refractivity contribution is 5.77. The van der Waals surface area contributed by atoms with Crippen LogP contribution < -0.4 is 5.32 Å². The number of aliphatic hydroxyl groups is 2. The lowest BCUT2D eigenvalue weighted by Crippen LogP contribution is -2.46. The fourth-order valence-corrected chi connectivity index (χ4v) is 8.79. The average Bonchev–Trinajstić information content (AvgIpc) is 3.24. The van der Waals surface area contributed by atoms with Crippen LogP contribution in [-0.4, -0.2) is 46.9 Å². The van der Waals surface area contributed by atoms with Crippen LogP contribution in [-0.2, 0) is 14.3 Å². The molecular formula is C54H107NO5. The van der Waals surface area contributed by atoms with Crippen LogP contribution in [0, 0.1) is 0 Å². The van der Waals surface area contributed by atoms with Crippen molar-refractivity contribution in [1.82, 2.24) is 5.32 Å². The molecule has 0 aliphatic heterocycles. The maximum atomic E-state index is 13.2. The highest BCUT2D eigenvalue weighted by atomic mass is 16.5. The summed E-state index contributed by atoms with van der Waals surface area (Å²) in [5.74, 6) is -0.453. The first kappa shape index (κ1) is 58.9. The number of aliphatic hydroxyl groups excluding tert-OH is 2. The van der Waals surface area contributed by atoms with Gasteiger partial charge in [0.1, 0.15) is 6.10 Å². The summed E-state index contributed by atoms with van der Waals surface area (Å²) in [4.78, 5) is 26.1. The number of unbranched alkanes of at least 4 members (excludes halogenated alkanes) is 38. The standard InChI is InChI=1S/C54H107NO5/c1-4-7-10-13-16-19-21-23-25-27-28-30-32-34-37-40-43-46-52(57)51(49-56)55-53(58)48-50(45-42-39-36-18-15-12-9-6-3)60-54(59)47-44-41-38-35-33-31-29-26-24-22-20-17-14-11-8-5-2/h50-52,56-57H,4-49H2,1-3H3,(H,55,58). The molecule has 0 spiro atoms. The molecular weight excluding hydrogens is 743 g/mol. The second kappa shape index (κ2) is 48.9. The summed E-state index contributed by atoms with van der Waals surface area (Å²) in [5.41, 5.74) is 0. The number of amides is 1. The van der Waals surface area contributed by atoms with Gasteiger partial charge in [0.2, 0.25) is 5.91 Å². The third kappa shape index (κ3) is 43.5. The van der Waals surface area contributed by atoms with E-state index in [2.05, 4.69) is 26.1 Å². The quantitative estimate of drug-likeness (QED) is 0.0419. The number of ether oxygens (including phenoxy) is 1. The monoisotopic (exact) mass is 850 g/mol. The molecule has 1 amide bonds. The summed E-state index contributed by atoms with van der Waals surface area (Å²) < 4.78 is 5.92. The van der Waals surface area contributed by atoms with Gasteiger partial charge in [-0.3, -0.25) is 9.59 Å². The van der Waals surface area contributed by atoms with E-state index in [-0.39, 0.29) is 24.9 Å². The Morgan fingerprint density at radius 1 is 0.417 bits per heavy atom. The van der Waals surface area contributed by atoms with Gasteiger partial charge in [-0.05, 0) is 25.7 Å². The molecule has 6 nitrogen and oxygen atoms in total. The molecule has 0 rings (SSSR count). The van der Waals surface area contributed by atoms with Gasteiger partial charge in [0, 0.05) is 6.42 Å². The molecule has 0 saturated heterocycles. The van der Waals surface area contributed by atoms with Gasteiger partial charge in [0.25, 0.3) is 0 Å². The van der Waals surface area contributed by atoms with Crippen LogP contribution in [0.3, 0.4) is 0 Å². The van der Waals surface area contributed by atoms with Crippen molar-refractivity contribution < 1.29 is 24.5 Å². The van der Waals surface area contributed by atoms with Gasteiger partial charge in [-0.2, -0.15) is 0 Å². The van der Waals surface area contributed by atoms with Crippen molar-refractivity contribution in [2.45, 2.75) is 328 Å². The maximum absolute atomic E-state index is 13.2. The SMILES string of the molecule is CCCCCCCCCCCCCCCCCCCC(O)C(CO)NC(=O)CC(CCCCCCCCCC)OC(=O)CCCCCCCCCCCCCCCCCC. The molecule has 6 heteroatoms. The van der Waals surface area contributed by atoms with Crippen molar-refractivity contribution >= 4 is 11.9 Å². The molecule has 0 heterocycles. The number of nitrogens with one attached hydrogen (secondary N) is 1. The summed E-state index contributed by atoms with van der Waals surface area (Å²) in [6.45, 7) is 6.50. The normalized spacial score (nSPS) is 13.1. The Kier molecular flexibility index (Phi) is 48.0. The topological polar surface area (TPSA) is 95.9 Å². The largest absolute Gasteiger partial charge is 0.462 e. The van der Waals surface area contributed by atoms with Crippen LogP contribution in [0.25, 0.3) is 0 Å². The summed E-state index contributed by atoms with van der Waals surface area (Å²) in [6, 6.07) is -0.692. The Bertz CT molecular complexity index is 867. The van der Waals surface area contributed by atoms with Gasteiger partial charge in [0.05, 0.1) is 25.2 Å². The molecule has 358 valence electrons. The molecule has 3 atom stereocenters. The molecule has 60 heavy (non-hydrogen) atoms. The molecule has 0 saturated carbocycles. The summed E-state index contributed by atoms with van der Waals surface area (Å²) >= 11 is 0. The predicted molar refractivity (Wildman–Crippen MR) is 260 cm³/mol. The lowest BCUT2D eigenvalue weighted by atomic mass is 10.0. The number of carbonyl (C=O) groups excluding carboxylic acids is 2. The van der Waals surface area contributed by atoms with E-state index in [1.165, 1.54) is 225 Å². The molecule has 0 aromatic rings. The van der Waals surface area contributed by atoms with E-state index in [4.69, 9.17) is 4.74 Å². The first-order chi connectivity index (χ1) is 29.5. The summed E-state index contributed by atoms with van der Waals surface area (Å²) in [7, 11) is 0. The minimum Gasteiger partial charge on any atom is -0.462 e. The molecule has 0 bridgehead atoms. The molecule has 0 aromatic carbocycles. The Morgan fingerprint density at radius 3 is 1.02 bits per heavy atom. The van der Waals surface area contributed by atoms with Gasteiger partial charge in [-0.25, -0.2) is 0 Å². The number of hydrogen-bond donors (Lipinski definition) is 3. The first-order valence-corrected chi connectivity index (χ1v) is 27.3. The van der Waals surface area contributed by atoms with Crippen LogP contribution in [0.1, 0.15) is 310 Å². The van der Waals surface area contributed by atoms with E-state index in [1.54, 1.807) is 0 Å². The second-order valence-corrected chi connectivity index (χ2v) is 19.0. The number of rotatable bonds is 50. The van der Waals surface area contributed by atoms with Gasteiger partial charge in [0.15, 0.2) is 0 Å². The zero-order chi connectivity index (χ0) is 43.8. The highest BCUT2D eigenvalue weighted by Gasteiger charge is 2.24. The van der Waals surface area contributed by atoms with Gasteiger partial charge in [-0.15, -0.1) is 0 Å². The van der Waals surface area contributed by atoms with Crippen LogP contribution in [0.2, 0.25) is 0 Å². The smallest absolute Gasteiger partial charge is 0.306 e. The van der Waals surface area contributed by atoms with Crippen molar-refractivity contribution in [3.63, 3.8) is 0 Å². The van der Waals surface area contributed by atoms with Crippen LogP contribution >= 0.6 is 0 Å². The van der Waals surface area contributed by atoms with Gasteiger partial charge >= 0.3 is 5.97 Å². The minimum absolute atomic E-state index is 0.0868. The Balaban J connectivity index is 4.31. The van der Waals surface area contributed by atoms with Crippen molar-refractivity contribution in [3.05, 3.63) is 0 Å². The number of carbonyl (C=O) groups is 2. The molecule has 0 radical (unpaired) electrons. The minimum atomic E-state index is -0.779. The predicted octanol–water partition coefficient (Wildman–Crippen LogP) is 16.4. The van der Waals surface area contributed by atoms with E-state index in [0.717, 1.165) is 38.5 Å². The van der Waals surface area contributed by atoms with E-state index in [1.807, 2.05) is 0 Å². The number of esters is 1. The van der Waals surface area contributed by atoms with Crippen molar-refractivity contribution in [2.24, 2.45) is 0 Å². The van der Waals surface area contributed by atoms with Crippen LogP contribution in [0.5, 0.6) is 0 Å². The lowest BCUT2D eigenvalue weighted by Gasteiger charge is -2.24. The zero-order valence-corrected chi connectivity index (χ0v) is 40.9. The zero-order valence-electron chi connectivity index (χ0n) is 40.9. The summed E-state index contributed by atoms with van der Waals surface area (Å²) in [5, 5.41) is 23.8. The van der Waals surface area contributed by atoms with E-state index >= 15 is 0 Å². The Morgan fingerprint density at radius 2 is 0.700 bits per heavy atom. The molecule has 0 fully saturated rings. The maximum Gasteiger partial charge on any atom is 0.306 e. The van der Waals surface area contributed by atoms with Gasteiger partial charge < -0.3 is 20.3 Å². The third-order valence-electron chi connectivity index (χ3n) is 12.9. The number of hydrogen-bond acceptors (Lipinski definition) is 5. The van der Waals surface area contributed by atoms with Crippen molar-refractivity contribution in [1.29, 1.82) is 0 Å². The van der Waals surface area contributed by atoms with E-state index in [0.29, 0.717) is 19.3 Å². The Labute approximate surface area is 375 Å². The average molecular weight is 850 g/mol. The molecule has 3 unspecified atom stereocenters. The molecule has 0 aliphatic rings. The van der Waals surface area contributed by atoms with Crippen LogP contribution in [0.15, 0.2) is 0 Å². The molecule has 0 aromatic heterocycles. The molecule has 0 aliphatic carbocycles.